The molecule has 2 amide bonds. The van der Waals surface area contributed by atoms with Crippen molar-refractivity contribution in [2.75, 3.05) is 20.2 Å². The van der Waals surface area contributed by atoms with Gasteiger partial charge in [0, 0.05) is 11.0 Å². The Hall–Kier alpha value is -2.34. The van der Waals surface area contributed by atoms with Gasteiger partial charge in [-0.25, -0.2) is 0 Å². The van der Waals surface area contributed by atoms with Crippen molar-refractivity contribution in [3.8, 4) is 5.75 Å². The minimum atomic E-state index is -0.287. The molecule has 5 nitrogen and oxygen atoms in total. The van der Waals surface area contributed by atoms with Crippen LogP contribution in [0, 0.1) is 0 Å². The van der Waals surface area contributed by atoms with Crippen molar-refractivity contribution in [1.29, 1.82) is 0 Å². The highest BCUT2D eigenvalue weighted by Gasteiger charge is 2.10. The van der Waals surface area contributed by atoms with Crippen LogP contribution < -0.4 is 15.4 Å². The average molecular weight is 391 g/mol. The van der Waals surface area contributed by atoms with E-state index in [4.69, 9.17) is 4.74 Å². The molecule has 2 aromatic carbocycles. The Morgan fingerprint density at radius 2 is 1.88 bits per heavy atom. The van der Waals surface area contributed by atoms with Crippen molar-refractivity contribution in [2.45, 2.75) is 6.42 Å². The van der Waals surface area contributed by atoms with E-state index in [2.05, 4.69) is 26.6 Å². The van der Waals surface area contributed by atoms with Gasteiger partial charge in [-0.2, -0.15) is 0 Å². The summed E-state index contributed by atoms with van der Waals surface area (Å²) < 4.78 is 5.86. The minimum Gasteiger partial charge on any atom is -0.497 e. The summed E-state index contributed by atoms with van der Waals surface area (Å²) in [6.45, 7) is 0.440. The monoisotopic (exact) mass is 390 g/mol. The quantitative estimate of drug-likeness (QED) is 0.763. The van der Waals surface area contributed by atoms with Crippen LogP contribution in [0.1, 0.15) is 15.9 Å². The van der Waals surface area contributed by atoms with Gasteiger partial charge in [-0.15, -0.1) is 0 Å². The van der Waals surface area contributed by atoms with Crippen molar-refractivity contribution >= 4 is 27.7 Å². The molecule has 0 atom stereocenters. The molecular formula is C18H19BrN2O3. The number of carbonyl (C=O) groups excluding carboxylic acids is 2. The lowest BCUT2D eigenvalue weighted by atomic mass is 10.1. The molecule has 126 valence electrons. The van der Waals surface area contributed by atoms with Crippen molar-refractivity contribution in [1.82, 2.24) is 10.6 Å². The van der Waals surface area contributed by atoms with Gasteiger partial charge in [-0.1, -0.05) is 24.3 Å². The van der Waals surface area contributed by atoms with Crippen molar-refractivity contribution in [3.63, 3.8) is 0 Å². The molecule has 0 aliphatic carbocycles. The normalized spacial score (nSPS) is 10.1. The molecule has 0 unspecified atom stereocenters. The third-order valence-electron chi connectivity index (χ3n) is 3.40. The van der Waals surface area contributed by atoms with Crippen LogP contribution in [-0.2, 0) is 11.2 Å². The topological polar surface area (TPSA) is 67.4 Å². The third-order valence-corrected chi connectivity index (χ3v) is 4.09. The maximum atomic E-state index is 12.0. The van der Waals surface area contributed by atoms with Crippen molar-refractivity contribution in [2.24, 2.45) is 0 Å². The van der Waals surface area contributed by atoms with Crippen LogP contribution in [0.25, 0.3) is 0 Å². The van der Waals surface area contributed by atoms with E-state index in [0.717, 1.165) is 11.3 Å². The van der Waals surface area contributed by atoms with E-state index in [1.807, 2.05) is 30.3 Å². The maximum absolute atomic E-state index is 12.0. The predicted octanol–water partition coefficient (Wildman–Crippen LogP) is 2.55. The SMILES string of the molecule is COc1cccc(CCNC(=O)CNC(=O)c2ccccc2Br)c1. The van der Waals surface area contributed by atoms with Crippen LogP contribution in [0.3, 0.4) is 0 Å². The van der Waals surface area contributed by atoms with Gasteiger partial charge >= 0.3 is 0 Å². The molecule has 0 saturated carbocycles. The summed E-state index contributed by atoms with van der Waals surface area (Å²) in [4.78, 5) is 23.8. The van der Waals surface area contributed by atoms with Gasteiger partial charge < -0.3 is 15.4 Å². The van der Waals surface area contributed by atoms with Gasteiger partial charge in [0.2, 0.25) is 5.91 Å². The Kier molecular flexibility index (Phi) is 6.81. The number of hydrogen-bond acceptors (Lipinski definition) is 3. The third kappa shape index (κ3) is 5.38. The zero-order chi connectivity index (χ0) is 17.4. The number of carbonyl (C=O) groups is 2. The molecular weight excluding hydrogens is 372 g/mol. The molecule has 0 aliphatic rings. The summed E-state index contributed by atoms with van der Waals surface area (Å²) in [6.07, 6.45) is 0.696. The molecule has 2 aromatic rings. The zero-order valence-electron chi connectivity index (χ0n) is 13.3. The molecule has 0 aliphatic heterocycles. The highest BCUT2D eigenvalue weighted by Crippen LogP contribution is 2.15. The van der Waals surface area contributed by atoms with Crippen LogP contribution in [-0.4, -0.2) is 32.0 Å². The second kappa shape index (κ2) is 9.08. The van der Waals surface area contributed by atoms with Crippen LogP contribution in [0.15, 0.2) is 53.0 Å². The second-order valence-electron chi connectivity index (χ2n) is 5.11. The highest BCUT2D eigenvalue weighted by molar-refractivity contribution is 9.10. The first kappa shape index (κ1) is 18.0. The molecule has 2 rings (SSSR count). The Balaban J connectivity index is 1.73. The first-order chi connectivity index (χ1) is 11.6. The predicted molar refractivity (Wildman–Crippen MR) is 96.2 cm³/mol. The lowest BCUT2D eigenvalue weighted by Gasteiger charge is -2.08. The number of rotatable bonds is 7. The number of nitrogens with one attached hydrogen (secondary N) is 2. The summed E-state index contributed by atoms with van der Waals surface area (Å²) in [7, 11) is 1.62. The van der Waals surface area contributed by atoms with Gasteiger partial charge in [0.15, 0.2) is 0 Å². The fourth-order valence-electron chi connectivity index (χ4n) is 2.14. The molecule has 0 spiro atoms. The second-order valence-corrected chi connectivity index (χ2v) is 5.97. The maximum Gasteiger partial charge on any atom is 0.252 e. The van der Waals surface area contributed by atoms with E-state index in [0.29, 0.717) is 23.0 Å². The molecule has 0 bridgehead atoms. The van der Waals surface area contributed by atoms with Crippen LogP contribution in [0.4, 0.5) is 0 Å². The number of methoxy groups -OCH3 is 1. The largest absolute Gasteiger partial charge is 0.497 e. The van der Waals surface area contributed by atoms with E-state index in [9.17, 15) is 9.59 Å². The molecule has 6 heteroatoms. The highest BCUT2D eigenvalue weighted by atomic mass is 79.9. The van der Waals surface area contributed by atoms with E-state index < -0.39 is 0 Å². The molecule has 24 heavy (non-hydrogen) atoms. The molecule has 0 saturated heterocycles. The summed E-state index contributed by atoms with van der Waals surface area (Å²) in [5, 5.41) is 5.39. The van der Waals surface area contributed by atoms with E-state index in [1.165, 1.54) is 0 Å². The van der Waals surface area contributed by atoms with Crippen LogP contribution in [0.5, 0.6) is 5.75 Å². The summed E-state index contributed by atoms with van der Waals surface area (Å²) in [5.74, 6) is 0.281. The average Bonchev–Trinajstić information content (AvgIpc) is 2.60. The zero-order valence-corrected chi connectivity index (χ0v) is 14.9. The Bertz CT molecular complexity index is 719. The van der Waals surface area contributed by atoms with E-state index in [1.54, 1.807) is 25.3 Å². The Morgan fingerprint density at radius 3 is 2.62 bits per heavy atom. The first-order valence-corrected chi connectivity index (χ1v) is 8.32. The molecule has 0 fully saturated rings. The number of halogens is 1. The van der Waals surface area contributed by atoms with Gasteiger partial charge in [0.05, 0.1) is 19.2 Å². The van der Waals surface area contributed by atoms with Gasteiger partial charge in [-0.3, -0.25) is 9.59 Å². The standard InChI is InChI=1S/C18H19BrN2O3/c1-24-14-6-4-5-13(11-14)9-10-20-17(22)12-21-18(23)15-7-2-3-8-16(15)19/h2-8,11H,9-10,12H2,1H3,(H,20,22)(H,21,23). The van der Waals surface area contributed by atoms with E-state index in [-0.39, 0.29) is 18.4 Å². The molecule has 0 aromatic heterocycles. The smallest absolute Gasteiger partial charge is 0.252 e. The van der Waals surface area contributed by atoms with Crippen LogP contribution in [0.2, 0.25) is 0 Å². The number of benzene rings is 2. The molecule has 0 radical (unpaired) electrons. The summed E-state index contributed by atoms with van der Waals surface area (Å²) in [5.41, 5.74) is 1.58. The molecule has 0 heterocycles. The number of hydrogen-bond donors (Lipinski definition) is 2. The van der Waals surface area contributed by atoms with Gasteiger partial charge in [0.25, 0.3) is 5.91 Å². The Morgan fingerprint density at radius 1 is 1.08 bits per heavy atom. The first-order valence-electron chi connectivity index (χ1n) is 7.52. The number of ether oxygens (including phenoxy) is 1. The Labute approximate surface area is 149 Å². The minimum absolute atomic E-state index is 0.0573. The van der Waals surface area contributed by atoms with Crippen molar-refractivity contribution in [3.05, 3.63) is 64.1 Å². The number of amides is 2. The van der Waals surface area contributed by atoms with Crippen LogP contribution >= 0.6 is 15.9 Å². The fraction of sp³-hybridized carbons (Fsp3) is 0.222. The molecule has 2 N–H and O–H groups in total. The van der Waals surface area contributed by atoms with Gasteiger partial charge in [0.1, 0.15) is 5.75 Å². The van der Waals surface area contributed by atoms with Crippen molar-refractivity contribution < 1.29 is 14.3 Å². The fourth-order valence-corrected chi connectivity index (χ4v) is 2.60. The van der Waals surface area contributed by atoms with Gasteiger partial charge in [-0.05, 0) is 52.2 Å². The summed E-state index contributed by atoms with van der Waals surface area (Å²) in [6, 6.07) is 14.8. The lowest BCUT2D eigenvalue weighted by Crippen LogP contribution is -2.37. The van der Waals surface area contributed by atoms with E-state index >= 15 is 0 Å². The lowest BCUT2D eigenvalue weighted by molar-refractivity contribution is -0.120. The summed E-state index contributed by atoms with van der Waals surface area (Å²) >= 11 is 3.31.